The number of anilines is 1. The monoisotopic (exact) mass is 624 g/mol. The summed E-state index contributed by atoms with van der Waals surface area (Å²) < 4.78 is 42.0. The number of amides is 2. The minimum absolute atomic E-state index is 0.104. The average molecular weight is 626 g/mol. The van der Waals surface area contributed by atoms with Gasteiger partial charge >= 0.3 is 0 Å². The van der Waals surface area contributed by atoms with Crippen LogP contribution in [-0.4, -0.2) is 50.2 Å². The van der Waals surface area contributed by atoms with E-state index in [0.29, 0.717) is 35.5 Å². The number of hydrogen-bond donors (Lipinski definition) is 4. The fourth-order valence-electron chi connectivity index (χ4n) is 7.10. The van der Waals surface area contributed by atoms with Crippen LogP contribution in [-0.2, 0) is 25.0 Å². The van der Waals surface area contributed by atoms with Gasteiger partial charge in [0, 0.05) is 34.3 Å². The second-order valence-electron chi connectivity index (χ2n) is 13.1. The number of rotatable bonds is 6. The zero-order chi connectivity index (χ0) is 30.1. The Morgan fingerprint density at radius 1 is 1.17 bits per heavy atom. The normalized spacial score (nSPS) is 31.1. The van der Waals surface area contributed by atoms with Gasteiger partial charge in [-0.15, -0.1) is 0 Å². The molecule has 1 spiro atoms. The maximum absolute atomic E-state index is 15.8. The van der Waals surface area contributed by atoms with E-state index in [2.05, 4.69) is 20.7 Å². The molecule has 2 aliphatic heterocycles. The van der Waals surface area contributed by atoms with Gasteiger partial charge in [0.25, 0.3) is 0 Å². The number of nitrogens with one attached hydrogen (secondary N) is 4. The lowest BCUT2D eigenvalue weighted by Crippen LogP contribution is -2.63. The number of fused-ring (bicyclic) bond motifs is 2. The van der Waals surface area contributed by atoms with E-state index in [-0.39, 0.29) is 28.0 Å². The highest BCUT2D eigenvalue weighted by atomic mass is 35.5. The molecule has 2 amide bonds. The van der Waals surface area contributed by atoms with Crippen molar-refractivity contribution in [2.75, 3.05) is 11.6 Å². The maximum atomic E-state index is 15.8. The van der Waals surface area contributed by atoms with E-state index in [1.165, 1.54) is 6.07 Å². The zero-order valence-electron chi connectivity index (χ0n) is 23.6. The standard InChI is InChI=1S/C29H35Cl2FN4O4S/c1-27(2,3)14-21-29(18-10-9-15(30)11-20(18)34-26(29)38)22(17-7-6-8-19(31)23(17)32)24(35-21)25(37)33-16-12-28(4,13-16)36-41(5,39)40/h6-11,16,21-22,24,35-36H,12-14H2,1-5H3,(H,33,37)(H,34,38)/t16?,21-,22+,24-,28?,29+/m1/s1. The van der Waals surface area contributed by atoms with Crippen molar-refractivity contribution >= 4 is 50.7 Å². The minimum atomic E-state index is -3.42. The molecule has 2 aromatic carbocycles. The summed E-state index contributed by atoms with van der Waals surface area (Å²) >= 11 is 12.5. The molecule has 41 heavy (non-hydrogen) atoms. The van der Waals surface area contributed by atoms with Gasteiger partial charge in [-0.05, 0) is 60.9 Å². The van der Waals surface area contributed by atoms with Gasteiger partial charge in [-0.2, -0.15) is 0 Å². The highest BCUT2D eigenvalue weighted by Crippen LogP contribution is 2.57. The van der Waals surface area contributed by atoms with Crippen LogP contribution in [0.4, 0.5) is 10.1 Å². The van der Waals surface area contributed by atoms with Crippen LogP contribution in [0.25, 0.3) is 0 Å². The van der Waals surface area contributed by atoms with Crippen molar-refractivity contribution in [2.24, 2.45) is 5.41 Å². The summed E-state index contributed by atoms with van der Waals surface area (Å²) in [6, 6.07) is 7.94. The first-order valence-corrected chi connectivity index (χ1v) is 16.2. The number of benzene rings is 2. The third-order valence-corrected chi connectivity index (χ3v) is 9.78. The molecule has 2 heterocycles. The second-order valence-corrected chi connectivity index (χ2v) is 15.7. The van der Waals surface area contributed by atoms with E-state index in [4.69, 9.17) is 23.2 Å². The molecule has 2 aromatic rings. The number of carbonyl (C=O) groups is 2. The lowest BCUT2D eigenvalue weighted by molar-refractivity contribution is -0.125. The third kappa shape index (κ3) is 5.49. The largest absolute Gasteiger partial charge is 0.352 e. The molecule has 1 aliphatic carbocycles. The van der Waals surface area contributed by atoms with Crippen molar-refractivity contribution in [3.63, 3.8) is 0 Å². The Bertz CT molecular complexity index is 1520. The fourth-order valence-corrected chi connectivity index (χ4v) is 8.52. The van der Waals surface area contributed by atoms with Crippen molar-refractivity contribution in [3.05, 3.63) is 63.4 Å². The summed E-state index contributed by atoms with van der Waals surface area (Å²) in [4.78, 5) is 28.2. The maximum Gasteiger partial charge on any atom is 0.238 e. The van der Waals surface area contributed by atoms with Crippen LogP contribution in [0.3, 0.4) is 0 Å². The molecule has 0 aromatic heterocycles. The first-order chi connectivity index (χ1) is 18.9. The molecule has 12 heteroatoms. The SMILES string of the molecule is CC(C)(C)C[C@H]1N[C@@H](C(=O)NC2CC(C)(NS(C)(=O)=O)C2)[C@H](c2cccc(Cl)c2F)[C@@]12C(=O)Nc1cc(Cl)ccc12. The van der Waals surface area contributed by atoms with Gasteiger partial charge in [-0.25, -0.2) is 17.5 Å². The predicted octanol–water partition coefficient (Wildman–Crippen LogP) is 4.47. The predicted molar refractivity (Wildman–Crippen MR) is 158 cm³/mol. The van der Waals surface area contributed by atoms with Gasteiger partial charge in [-0.3, -0.25) is 9.59 Å². The van der Waals surface area contributed by atoms with Crippen LogP contribution >= 0.6 is 23.2 Å². The second kappa shape index (κ2) is 10.2. The Hall–Kier alpha value is -2.24. The van der Waals surface area contributed by atoms with Crippen molar-refractivity contribution in [1.29, 1.82) is 0 Å². The third-order valence-electron chi connectivity index (χ3n) is 8.39. The van der Waals surface area contributed by atoms with Gasteiger partial charge in [0.2, 0.25) is 21.8 Å². The number of carbonyl (C=O) groups excluding carboxylic acids is 2. The summed E-state index contributed by atoms with van der Waals surface area (Å²) in [7, 11) is -3.42. The highest BCUT2D eigenvalue weighted by molar-refractivity contribution is 7.88. The Balaban J connectivity index is 1.60. The molecule has 4 atom stereocenters. The van der Waals surface area contributed by atoms with E-state index in [9.17, 15) is 18.0 Å². The highest BCUT2D eigenvalue weighted by Gasteiger charge is 2.66. The topological polar surface area (TPSA) is 116 Å². The Morgan fingerprint density at radius 3 is 2.49 bits per heavy atom. The number of hydrogen-bond acceptors (Lipinski definition) is 5. The molecule has 1 saturated carbocycles. The summed E-state index contributed by atoms with van der Waals surface area (Å²) in [5.41, 5.74) is -0.938. The van der Waals surface area contributed by atoms with Crippen LogP contribution in [0, 0.1) is 11.2 Å². The lowest BCUT2D eigenvalue weighted by atomic mass is 9.62. The van der Waals surface area contributed by atoms with Gasteiger partial charge in [0.05, 0.1) is 17.3 Å². The van der Waals surface area contributed by atoms with Crippen LogP contribution < -0.4 is 20.7 Å². The lowest BCUT2D eigenvalue weighted by Gasteiger charge is -2.45. The first-order valence-electron chi connectivity index (χ1n) is 13.5. The zero-order valence-corrected chi connectivity index (χ0v) is 25.9. The Labute approximate surface area is 250 Å². The van der Waals surface area contributed by atoms with Crippen LogP contribution in [0.1, 0.15) is 64.0 Å². The smallest absolute Gasteiger partial charge is 0.238 e. The van der Waals surface area contributed by atoms with Crippen molar-refractivity contribution < 1.29 is 22.4 Å². The van der Waals surface area contributed by atoms with E-state index in [1.807, 2.05) is 20.8 Å². The summed E-state index contributed by atoms with van der Waals surface area (Å²) in [5.74, 6) is -2.37. The molecule has 4 N–H and O–H groups in total. The van der Waals surface area contributed by atoms with Crippen LogP contribution in [0.15, 0.2) is 36.4 Å². The first kappa shape index (κ1) is 30.2. The molecule has 5 rings (SSSR count). The van der Waals surface area contributed by atoms with E-state index in [0.717, 1.165) is 6.26 Å². The summed E-state index contributed by atoms with van der Waals surface area (Å²) in [6.07, 6.45) is 2.40. The molecule has 8 nitrogen and oxygen atoms in total. The van der Waals surface area contributed by atoms with Gasteiger partial charge in [0.15, 0.2) is 0 Å². The molecule has 0 bridgehead atoms. The summed E-state index contributed by atoms with van der Waals surface area (Å²) in [5, 5.41) is 9.77. The molecule has 3 aliphatic rings. The summed E-state index contributed by atoms with van der Waals surface area (Å²) in [6.45, 7) is 7.92. The van der Waals surface area contributed by atoms with E-state index < -0.39 is 50.7 Å². The van der Waals surface area contributed by atoms with Gasteiger partial charge in [0.1, 0.15) is 11.2 Å². The molecule has 2 fully saturated rings. The number of sulfonamides is 1. The molecule has 0 radical (unpaired) electrons. The number of halogens is 3. The van der Waals surface area contributed by atoms with E-state index in [1.54, 1.807) is 37.3 Å². The van der Waals surface area contributed by atoms with Crippen LogP contribution in [0.5, 0.6) is 0 Å². The molecular formula is C29H35Cl2FN4O4S. The molecular weight excluding hydrogens is 590 g/mol. The molecule has 222 valence electrons. The Kier molecular flexibility index (Phi) is 7.51. The molecule has 1 saturated heterocycles. The van der Waals surface area contributed by atoms with Gasteiger partial charge in [-0.1, -0.05) is 62.2 Å². The minimum Gasteiger partial charge on any atom is -0.352 e. The fraction of sp³-hybridized carbons (Fsp3) is 0.517. The van der Waals surface area contributed by atoms with Gasteiger partial charge < -0.3 is 16.0 Å². The van der Waals surface area contributed by atoms with Crippen LogP contribution in [0.2, 0.25) is 10.0 Å². The van der Waals surface area contributed by atoms with Crippen molar-refractivity contribution in [2.45, 2.75) is 82.0 Å². The van der Waals surface area contributed by atoms with E-state index >= 15 is 4.39 Å². The quantitative estimate of drug-likeness (QED) is 0.378. The van der Waals surface area contributed by atoms with Crippen molar-refractivity contribution in [3.8, 4) is 0 Å². The van der Waals surface area contributed by atoms with Crippen molar-refractivity contribution in [1.82, 2.24) is 15.4 Å². The average Bonchev–Trinajstić information content (AvgIpc) is 3.27. The molecule has 0 unspecified atom stereocenters. The Morgan fingerprint density at radius 2 is 1.85 bits per heavy atom.